The fraction of sp³-hybridized carbons (Fsp3) is 0.895. The first-order valence-corrected chi connectivity index (χ1v) is 14.2. The minimum Gasteiger partial charge on any atom is -0.462 e. The third kappa shape index (κ3) is 19.9. The summed E-state index contributed by atoms with van der Waals surface area (Å²) in [5.41, 5.74) is 0. The van der Waals surface area contributed by atoms with Crippen LogP contribution < -0.4 is 0 Å². The molecule has 5 atom stereocenters. The van der Waals surface area contributed by atoms with E-state index in [0.29, 0.717) is 6.42 Å². The largest absolute Gasteiger partial charge is 0.472 e. The molecule has 0 aliphatic heterocycles. The first kappa shape index (κ1) is 34.1. The molecule has 0 aromatic carbocycles. The third-order valence-corrected chi connectivity index (χ3v) is 5.92. The van der Waals surface area contributed by atoms with Crippen LogP contribution in [-0.4, -0.2) is 83.3 Å². The Morgan fingerprint density at radius 3 is 1.83 bits per heavy atom. The van der Waals surface area contributed by atoms with Gasteiger partial charge in [-0.1, -0.05) is 33.1 Å². The van der Waals surface area contributed by atoms with E-state index in [9.17, 15) is 33.6 Å². The molecule has 0 saturated heterocycles. The number of phosphoric ester groups is 2. The van der Waals surface area contributed by atoms with Gasteiger partial charge in [-0.25, -0.2) is 9.13 Å². The van der Waals surface area contributed by atoms with Crippen molar-refractivity contribution in [3.05, 3.63) is 0 Å². The van der Waals surface area contributed by atoms with Gasteiger partial charge in [0.15, 0.2) is 6.10 Å². The van der Waals surface area contributed by atoms with Crippen LogP contribution in [0.4, 0.5) is 0 Å². The highest BCUT2D eigenvalue weighted by Crippen LogP contribution is 2.45. The lowest BCUT2D eigenvalue weighted by Gasteiger charge is -2.20. The SMILES string of the molecule is CCCCCCC(=O)O[C@H](COC(=O)CC)COP(=O)(O)OC[C@@H](O)COP(=O)(O)OC[C@@H](C)O. The molecule has 14 nitrogen and oxygen atoms in total. The summed E-state index contributed by atoms with van der Waals surface area (Å²) < 4.78 is 52.1. The summed E-state index contributed by atoms with van der Waals surface area (Å²) in [4.78, 5) is 42.6. The Kier molecular flexibility index (Phi) is 17.9. The molecule has 0 spiro atoms. The third-order valence-electron chi connectivity index (χ3n) is 4.01. The van der Waals surface area contributed by atoms with Crippen LogP contribution in [0.1, 0.15) is 59.3 Å². The van der Waals surface area contributed by atoms with Crippen LogP contribution in [0, 0.1) is 0 Å². The lowest BCUT2D eigenvalue weighted by atomic mass is 10.1. The smallest absolute Gasteiger partial charge is 0.462 e. The molecule has 0 aliphatic carbocycles. The monoisotopic (exact) mass is 552 g/mol. The molecular formula is C19H38O14P2. The van der Waals surface area contributed by atoms with E-state index in [0.717, 1.165) is 19.3 Å². The number of hydrogen-bond acceptors (Lipinski definition) is 12. The molecule has 208 valence electrons. The molecule has 0 amide bonds. The quantitative estimate of drug-likeness (QED) is 0.0911. The van der Waals surface area contributed by atoms with Crippen molar-refractivity contribution in [2.75, 3.05) is 33.0 Å². The van der Waals surface area contributed by atoms with Crippen LogP contribution in [0.15, 0.2) is 0 Å². The lowest BCUT2D eigenvalue weighted by Crippen LogP contribution is -2.29. The maximum Gasteiger partial charge on any atom is 0.472 e. The maximum absolute atomic E-state index is 12.1. The number of esters is 2. The summed E-state index contributed by atoms with van der Waals surface area (Å²) in [5, 5.41) is 18.8. The van der Waals surface area contributed by atoms with Gasteiger partial charge in [-0.15, -0.1) is 0 Å². The summed E-state index contributed by atoms with van der Waals surface area (Å²) in [5.74, 6) is -1.16. The average molecular weight is 552 g/mol. The normalized spacial score (nSPS) is 17.6. The van der Waals surface area contributed by atoms with Crippen LogP contribution in [0.25, 0.3) is 0 Å². The molecule has 0 saturated carbocycles. The highest BCUT2D eigenvalue weighted by molar-refractivity contribution is 7.47. The molecule has 35 heavy (non-hydrogen) atoms. The number of carbonyl (C=O) groups is 2. The van der Waals surface area contributed by atoms with Crippen molar-refractivity contribution in [3.63, 3.8) is 0 Å². The fourth-order valence-corrected chi connectivity index (χ4v) is 3.84. The molecule has 0 heterocycles. The topological polar surface area (TPSA) is 205 Å². The standard InChI is InChI=1S/C19H38O14P2/c1-4-6-7-8-9-19(23)33-17(13-28-18(22)5-2)14-32-35(26,27)31-12-16(21)11-30-34(24,25)29-10-15(3)20/h15-17,20-21H,4-14H2,1-3H3,(H,24,25)(H,26,27)/t15-,16+,17-/m1/s1. The Labute approximate surface area is 205 Å². The van der Waals surface area contributed by atoms with E-state index in [2.05, 4.69) is 13.6 Å². The van der Waals surface area contributed by atoms with Crippen LogP contribution >= 0.6 is 15.6 Å². The number of unbranched alkanes of at least 4 members (excludes halogenated alkanes) is 3. The minimum absolute atomic E-state index is 0.0743. The molecule has 16 heteroatoms. The van der Waals surface area contributed by atoms with Crippen molar-refractivity contribution < 1.29 is 66.3 Å². The molecule has 0 aliphatic rings. The van der Waals surface area contributed by atoms with Crippen LogP contribution in [0.5, 0.6) is 0 Å². The molecule has 2 unspecified atom stereocenters. The van der Waals surface area contributed by atoms with E-state index in [1.165, 1.54) is 6.92 Å². The highest BCUT2D eigenvalue weighted by atomic mass is 31.2. The van der Waals surface area contributed by atoms with Gasteiger partial charge in [0.25, 0.3) is 0 Å². The average Bonchev–Trinajstić information content (AvgIpc) is 2.79. The summed E-state index contributed by atoms with van der Waals surface area (Å²) in [6.45, 7) is 1.75. The van der Waals surface area contributed by atoms with Crippen molar-refractivity contribution in [1.82, 2.24) is 0 Å². The number of ether oxygens (including phenoxy) is 2. The van der Waals surface area contributed by atoms with Gasteiger partial charge in [0.2, 0.25) is 0 Å². The first-order chi connectivity index (χ1) is 16.3. The Hall–Kier alpha value is -0.920. The highest BCUT2D eigenvalue weighted by Gasteiger charge is 2.28. The molecule has 0 aromatic heterocycles. The molecule has 0 fully saturated rings. The first-order valence-electron chi connectivity index (χ1n) is 11.2. The van der Waals surface area contributed by atoms with E-state index >= 15 is 0 Å². The van der Waals surface area contributed by atoms with Crippen molar-refractivity contribution in [1.29, 1.82) is 0 Å². The van der Waals surface area contributed by atoms with Gasteiger partial charge in [0, 0.05) is 12.8 Å². The zero-order chi connectivity index (χ0) is 26.9. The Balaban J connectivity index is 4.62. The molecular weight excluding hydrogens is 514 g/mol. The zero-order valence-electron chi connectivity index (χ0n) is 20.3. The predicted octanol–water partition coefficient (Wildman–Crippen LogP) is 1.83. The van der Waals surface area contributed by atoms with Gasteiger partial charge in [-0.2, -0.15) is 0 Å². The minimum atomic E-state index is -4.76. The van der Waals surface area contributed by atoms with Crippen LogP contribution in [-0.2, 0) is 46.3 Å². The van der Waals surface area contributed by atoms with Crippen LogP contribution in [0.3, 0.4) is 0 Å². The number of aliphatic hydroxyl groups is 2. The number of phosphoric acid groups is 2. The zero-order valence-corrected chi connectivity index (χ0v) is 22.1. The lowest BCUT2D eigenvalue weighted by molar-refractivity contribution is -0.161. The summed E-state index contributed by atoms with van der Waals surface area (Å²) in [6.07, 6.45) is -0.243. The maximum atomic E-state index is 12.1. The van der Waals surface area contributed by atoms with Gasteiger partial charge in [0.05, 0.1) is 32.5 Å². The van der Waals surface area contributed by atoms with E-state index in [-0.39, 0.29) is 12.8 Å². The van der Waals surface area contributed by atoms with E-state index in [1.54, 1.807) is 6.92 Å². The number of aliphatic hydroxyl groups excluding tert-OH is 2. The van der Waals surface area contributed by atoms with Crippen molar-refractivity contribution in [2.45, 2.75) is 77.6 Å². The fourth-order valence-electron chi connectivity index (χ4n) is 2.21. The van der Waals surface area contributed by atoms with Gasteiger partial charge < -0.3 is 29.5 Å². The van der Waals surface area contributed by atoms with Crippen molar-refractivity contribution in [2.24, 2.45) is 0 Å². The Bertz CT molecular complexity index is 701. The van der Waals surface area contributed by atoms with Crippen LogP contribution in [0.2, 0.25) is 0 Å². The second-order valence-electron chi connectivity index (χ2n) is 7.58. The molecule has 4 N–H and O–H groups in total. The molecule has 0 radical (unpaired) electrons. The molecule has 0 rings (SSSR count). The van der Waals surface area contributed by atoms with Gasteiger partial charge >= 0.3 is 27.6 Å². The molecule has 0 bridgehead atoms. The second-order valence-corrected chi connectivity index (χ2v) is 10.5. The van der Waals surface area contributed by atoms with Crippen molar-refractivity contribution >= 4 is 27.6 Å². The summed E-state index contributed by atoms with van der Waals surface area (Å²) in [6, 6.07) is 0. The molecule has 0 aromatic rings. The second kappa shape index (κ2) is 18.3. The van der Waals surface area contributed by atoms with Gasteiger partial charge in [0.1, 0.15) is 12.7 Å². The summed E-state index contributed by atoms with van der Waals surface area (Å²) >= 11 is 0. The van der Waals surface area contributed by atoms with E-state index < -0.39 is 78.9 Å². The number of rotatable bonds is 21. The van der Waals surface area contributed by atoms with E-state index in [4.69, 9.17) is 19.1 Å². The van der Waals surface area contributed by atoms with Crippen molar-refractivity contribution in [3.8, 4) is 0 Å². The number of hydrogen-bond donors (Lipinski definition) is 4. The Morgan fingerprint density at radius 2 is 1.31 bits per heavy atom. The number of carbonyl (C=O) groups excluding carboxylic acids is 2. The van der Waals surface area contributed by atoms with Gasteiger partial charge in [-0.3, -0.25) is 27.7 Å². The van der Waals surface area contributed by atoms with E-state index in [1.807, 2.05) is 6.92 Å². The van der Waals surface area contributed by atoms with Gasteiger partial charge in [-0.05, 0) is 13.3 Å². The Morgan fingerprint density at radius 1 is 0.771 bits per heavy atom. The predicted molar refractivity (Wildman–Crippen MR) is 121 cm³/mol. The summed E-state index contributed by atoms with van der Waals surface area (Å²) in [7, 11) is -9.33.